The maximum atomic E-state index is 13.0. The molecule has 3 rings (SSSR count). The summed E-state index contributed by atoms with van der Waals surface area (Å²) in [6, 6.07) is 11.6. The van der Waals surface area contributed by atoms with E-state index in [4.69, 9.17) is 9.47 Å². The van der Waals surface area contributed by atoms with Gasteiger partial charge in [0.15, 0.2) is 0 Å². The number of hydrogen-bond donors (Lipinski definition) is 1. The van der Waals surface area contributed by atoms with Gasteiger partial charge < -0.3 is 14.8 Å². The van der Waals surface area contributed by atoms with E-state index in [1.807, 2.05) is 19.1 Å². The Kier molecular flexibility index (Phi) is 4.79. The van der Waals surface area contributed by atoms with Crippen LogP contribution >= 0.6 is 0 Å². The third-order valence-electron chi connectivity index (χ3n) is 3.80. The minimum Gasteiger partial charge on any atom is -0.496 e. The van der Waals surface area contributed by atoms with Crippen LogP contribution in [0, 0.1) is 12.7 Å². The summed E-state index contributed by atoms with van der Waals surface area (Å²) >= 11 is 0. The van der Waals surface area contributed by atoms with E-state index in [1.165, 1.54) is 12.1 Å². The normalized spacial score (nSPS) is 10.4. The van der Waals surface area contributed by atoms with Crippen molar-refractivity contribution in [1.82, 2.24) is 9.97 Å². The lowest BCUT2D eigenvalue weighted by Crippen LogP contribution is -1.99. The highest BCUT2D eigenvalue weighted by Gasteiger charge is 2.11. The summed E-state index contributed by atoms with van der Waals surface area (Å²) in [6.45, 7) is 1.93. The van der Waals surface area contributed by atoms with Crippen molar-refractivity contribution in [2.24, 2.45) is 0 Å². The second-order valence-electron chi connectivity index (χ2n) is 5.40. The molecule has 6 heteroatoms. The summed E-state index contributed by atoms with van der Waals surface area (Å²) in [5.74, 6) is 1.57. The molecule has 0 amide bonds. The Hall–Kier alpha value is -3.15. The molecule has 0 aliphatic rings. The van der Waals surface area contributed by atoms with Gasteiger partial charge in [0.2, 0.25) is 5.95 Å². The predicted octanol–water partition coefficient (Wildman–Crippen LogP) is 4.35. The number of nitrogens with zero attached hydrogens (tertiary/aromatic N) is 2. The van der Waals surface area contributed by atoms with Gasteiger partial charge in [0, 0.05) is 23.0 Å². The lowest BCUT2D eigenvalue weighted by atomic mass is 10.1. The smallest absolute Gasteiger partial charge is 0.227 e. The zero-order valence-corrected chi connectivity index (χ0v) is 14.2. The van der Waals surface area contributed by atoms with Gasteiger partial charge >= 0.3 is 0 Å². The van der Waals surface area contributed by atoms with Gasteiger partial charge in [-0.15, -0.1) is 0 Å². The van der Waals surface area contributed by atoms with E-state index < -0.39 is 0 Å². The first-order valence-electron chi connectivity index (χ1n) is 7.69. The number of aromatic nitrogens is 2. The van der Waals surface area contributed by atoms with Crippen molar-refractivity contribution in [3.05, 3.63) is 60.0 Å². The molecule has 0 aliphatic carbocycles. The van der Waals surface area contributed by atoms with Crippen molar-refractivity contribution in [3.8, 4) is 22.8 Å². The molecular formula is C19H18FN3O2. The molecule has 25 heavy (non-hydrogen) atoms. The molecule has 0 saturated heterocycles. The number of anilines is 2. The van der Waals surface area contributed by atoms with Crippen molar-refractivity contribution in [1.29, 1.82) is 0 Å². The van der Waals surface area contributed by atoms with Crippen LogP contribution in [0.5, 0.6) is 11.5 Å². The molecular weight excluding hydrogens is 321 g/mol. The van der Waals surface area contributed by atoms with E-state index in [0.717, 1.165) is 28.3 Å². The second kappa shape index (κ2) is 7.17. The molecule has 0 fully saturated rings. The largest absolute Gasteiger partial charge is 0.496 e. The number of benzene rings is 2. The number of rotatable bonds is 5. The summed E-state index contributed by atoms with van der Waals surface area (Å²) in [5.41, 5.74) is 3.20. The molecule has 2 aromatic carbocycles. The summed E-state index contributed by atoms with van der Waals surface area (Å²) in [6.07, 6.45) is 1.66. The summed E-state index contributed by atoms with van der Waals surface area (Å²) in [7, 11) is 3.24. The molecule has 0 radical (unpaired) electrons. The molecule has 0 spiro atoms. The highest BCUT2D eigenvalue weighted by molar-refractivity contribution is 5.67. The highest BCUT2D eigenvalue weighted by atomic mass is 19.1. The first kappa shape index (κ1) is 16.7. The Labute approximate surface area is 145 Å². The highest BCUT2D eigenvalue weighted by Crippen LogP contribution is 2.33. The van der Waals surface area contributed by atoms with E-state index in [1.54, 1.807) is 38.6 Å². The lowest BCUT2D eigenvalue weighted by Gasteiger charge is -2.13. The Bertz CT molecular complexity index is 857. The van der Waals surface area contributed by atoms with Crippen LogP contribution < -0.4 is 14.8 Å². The third kappa shape index (κ3) is 3.68. The van der Waals surface area contributed by atoms with E-state index in [-0.39, 0.29) is 5.82 Å². The topological polar surface area (TPSA) is 56.3 Å². The van der Waals surface area contributed by atoms with Crippen LogP contribution in [0.25, 0.3) is 11.3 Å². The van der Waals surface area contributed by atoms with Crippen LogP contribution in [0.2, 0.25) is 0 Å². The fourth-order valence-electron chi connectivity index (χ4n) is 2.48. The fraction of sp³-hybridized carbons (Fsp3) is 0.158. The van der Waals surface area contributed by atoms with E-state index >= 15 is 0 Å². The van der Waals surface area contributed by atoms with E-state index in [0.29, 0.717) is 11.6 Å². The quantitative estimate of drug-likeness (QED) is 0.749. The second-order valence-corrected chi connectivity index (χ2v) is 5.40. The van der Waals surface area contributed by atoms with Crippen molar-refractivity contribution in [2.45, 2.75) is 6.92 Å². The van der Waals surface area contributed by atoms with E-state index in [2.05, 4.69) is 15.3 Å². The summed E-state index contributed by atoms with van der Waals surface area (Å²) in [4.78, 5) is 8.72. The zero-order valence-electron chi connectivity index (χ0n) is 14.2. The van der Waals surface area contributed by atoms with Gasteiger partial charge in [-0.2, -0.15) is 0 Å². The standard InChI is InChI=1S/C19H18FN3O2/c1-12-17(24-2)10-13(11-18(12)25-3)16-8-9-21-19(23-16)22-15-6-4-14(20)5-7-15/h4-11H,1-3H3,(H,21,22,23). The van der Waals surface area contributed by atoms with Gasteiger partial charge in [-0.1, -0.05) is 0 Å². The minimum atomic E-state index is -0.293. The molecule has 0 unspecified atom stereocenters. The number of hydrogen-bond acceptors (Lipinski definition) is 5. The molecule has 0 atom stereocenters. The van der Waals surface area contributed by atoms with Crippen LogP contribution in [0.1, 0.15) is 5.56 Å². The molecule has 3 aromatic rings. The van der Waals surface area contributed by atoms with Crippen molar-refractivity contribution in [2.75, 3.05) is 19.5 Å². The van der Waals surface area contributed by atoms with Crippen LogP contribution in [0.15, 0.2) is 48.7 Å². The molecule has 1 heterocycles. The Morgan fingerprint density at radius 3 is 2.20 bits per heavy atom. The Morgan fingerprint density at radius 2 is 1.60 bits per heavy atom. The molecule has 128 valence electrons. The summed E-state index contributed by atoms with van der Waals surface area (Å²) in [5, 5.41) is 3.06. The molecule has 0 aliphatic heterocycles. The SMILES string of the molecule is COc1cc(-c2ccnc(Nc3ccc(F)cc3)n2)cc(OC)c1C. The number of methoxy groups -OCH3 is 2. The predicted molar refractivity (Wildman–Crippen MR) is 95.0 cm³/mol. The maximum absolute atomic E-state index is 13.0. The van der Waals surface area contributed by atoms with Crippen LogP contribution in [0.3, 0.4) is 0 Å². The fourth-order valence-corrected chi connectivity index (χ4v) is 2.48. The third-order valence-corrected chi connectivity index (χ3v) is 3.80. The average molecular weight is 339 g/mol. The molecule has 0 saturated carbocycles. The van der Waals surface area contributed by atoms with Crippen LogP contribution in [-0.4, -0.2) is 24.2 Å². The summed E-state index contributed by atoms with van der Waals surface area (Å²) < 4.78 is 23.8. The first-order chi connectivity index (χ1) is 12.1. The van der Waals surface area contributed by atoms with Crippen LogP contribution in [0.4, 0.5) is 16.0 Å². The molecule has 0 bridgehead atoms. The Balaban J connectivity index is 1.95. The van der Waals surface area contributed by atoms with Gasteiger partial charge in [-0.25, -0.2) is 14.4 Å². The minimum absolute atomic E-state index is 0.293. The van der Waals surface area contributed by atoms with Crippen molar-refractivity contribution in [3.63, 3.8) is 0 Å². The molecule has 1 N–H and O–H groups in total. The van der Waals surface area contributed by atoms with Gasteiger partial charge in [0.25, 0.3) is 0 Å². The monoisotopic (exact) mass is 339 g/mol. The number of ether oxygens (including phenoxy) is 2. The van der Waals surface area contributed by atoms with Gasteiger partial charge in [-0.05, 0) is 49.4 Å². The van der Waals surface area contributed by atoms with Gasteiger partial charge in [0.1, 0.15) is 17.3 Å². The van der Waals surface area contributed by atoms with Gasteiger partial charge in [0.05, 0.1) is 19.9 Å². The van der Waals surface area contributed by atoms with Crippen molar-refractivity contribution < 1.29 is 13.9 Å². The molecule has 1 aromatic heterocycles. The van der Waals surface area contributed by atoms with E-state index in [9.17, 15) is 4.39 Å². The first-order valence-corrected chi connectivity index (χ1v) is 7.69. The maximum Gasteiger partial charge on any atom is 0.227 e. The van der Waals surface area contributed by atoms with Crippen LogP contribution in [-0.2, 0) is 0 Å². The number of nitrogens with one attached hydrogen (secondary N) is 1. The zero-order chi connectivity index (χ0) is 17.8. The lowest BCUT2D eigenvalue weighted by molar-refractivity contribution is 0.389. The molecule has 5 nitrogen and oxygen atoms in total. The van der Waals surface area contributed by atoms with Crippen molar-refractivity contribution >= 4 is 11.6 Å². The average Bonchev–Trinajstić information content (AvgIpc) is 2.64. The van der Waals surface area contributed by atoms with Gasteiger partial charge in [-0.3, -0.25) is 0 Å². The number of halogens is 1. The Morgan fingerprint density at radius 1 is 0.960 bits per heavy atom.